The largest absolute Gasteiger partial charge is 0.326 e. The summed E-state index contributed by atoms with van der Waals surface area (Å²) in [4.78, 5) is 22.5. The van der Waals surface area contributed by atoms with E-state index >= 15 is 0 Å². The third-order valence-electron chi connectivity index (χ3n) is 2.42. The van der Waals surface area contributed by atoms with Crippen LogP contribution in [0.1, 0.15) is 18.9 Å². The predicted octanol–water partition coefficient (Wildman–Crippen LogP) is 1.50. The summed E-state index contributed by atoms with van der Waals surface area (Å²) in [5, 5.41) is 8.45. The molecular formula is C13H19N3O2. The smallest absolute Gasteiger partial charge is 0.225 e. The van der Waals surface area contributed by atoms with Crippen molar-refractivity contribution in [1.29, 1.82) is 0 Å². The van der Waals surface area contributed by atoms with Gasteiger partial charge < -0.3 is 16.0 Å². The van der Waals surface area contributed by atoms with Crippen molar-refractivity contribution in [2.24, 2.45) is 0 Å². The topological polar surface area (TPSA) is 70.2 Å². The summed E-state index contributed by atoms with van der Waals surface area (Å²) in [6.07, 6.45) is 0.434. The molecule has 0 radical (unpaired) electrons. The number of carbonyl (C=O) groups is 2. The summed E-state index contributed by atoms with van der Waals surface area (Å²) in [6, 6.07) is 5.39. The molecule has 98 valence electrons. The van der Waals surface area contributed by atoms with Crippen LogP contribution in [-0.2, 0) is 9.59 Å². The van der Waals surface area contributed by atoms with Gasteiger partial charge in [0, 0.05) is 31.3 Å². The average molecular weight is 249 g/mol. The zero-order valence-corrected chi connectivity index (χ0v) is 11.0. The maximum Gasteiger partial charge on any atom is 0.225 e. The van der Waals surface area contributed by atoms with E-state index in [9.17, 15) is 9.59 Å². The van der Waals surface area contributed by atoms with Crippen LogP contribution in [-0.4, -0.2) is 25.4 Å². The maximum atomic E-state index is 11.5. The summed E-state index contributed by atoms with van der Waals surface area (Å²) >= 11 is 0. The van der Waals surface area contributed by atoms with E-state index in [1.807, 2.05) is 13.0 Å². The normalized spacial score (nSPS) is 9.94. The lowest BCUT2D eigenvalue weighted by atomic mass is 10.1. The summed E-state index contributed by atoms with van der Waals surface area (Å²) < 4.78 is 0. The van der Waals surface area contributed by atoms with Crippen molar-refractivity contribution in [3.63, 3.8) is 0 Å². The highest BCUT2D eigenvalue weighted by atomic mass is 16.2. The Balaban J connectivity index is 2.66. The molecule has 1 aromatic carbocycles. The van der Waals surface area contributed by atoms with Gasteiger partial charge in [0.15, 0.2) is 0 Å². The first-order valence-electron chi connectivity index (χ1n) is 5.85. The molecule has 0 aromatic heterocycles. The fraction of sp³-hybridized carbons (Fsp3) is 0.385. The lowest BCUT2D eigenvalue weighted by Crippen LogP contribution is -2.18. The fourth-order valence-electron chi connectivity index (χ4n) is 1.53. The Morgan fingerprint density at radius 3 is 2.50 bits per heavy atom. The van der Waals surface area contributed by atoms with E-state index in [4.69, 9.17) is 0 Å². The molecule has 18 heavy (non-hydrogen) atoms. The quantitative estimate of drug-likeness (QED) is 0.740. The number of rotatable bonds is 5. The number of hydrogen-bond donors (Lipinski definition) is 3. The van der Waals surface area contributed by atoms with Gasteiger partial charge in [0.2, 0.25) is 11.8 Å². The number of hydrogen-bond acceptors (Lipinski definition) is 3. The summed E-state index contributed by atoms with van der Waals surface area (Å²) in [6.45, 7) is 4.00. The minimum absolute atomic E-state index is 0.0315. The van der Waals surface area contributed by atoms with Crippen molar-refractivity contribution in [2.75, 3.05) is 24.2 Å². The predicted molar refractivity (Wildman–Crippen MR) is 72.7 cm³/mol. The van der Waals surface area contributed by atoms with Crippen LogP contribution in [0, 0.1) is 6.92 Å². The van der Waals surface area contributed by atoms with E-state index in [-0.39, 0.29) is 11.8 Å². The van der Waals surface area contributed by atoms with Crippen molar-refractivity contribution < 1.29 is 9.59 Å². The molecule has 5 heteroatoms. The van der Waals surface area contributed by atoms with E-state index in [0.29, 0.717) is 13.0 Å². The van der Waals surface area contributed by atoms with E-state index in [1.165, 1.54) is 6.92 Å². The molecule has 1 aromatic rings. The molecule has 0 unspecified atom stereocenters. The van der Waals surface area contributed by atoms with Crippen LogP contribution in [0.3, 0.4) is 0 Å². The van der Waals surface area contributed by atoms with Crippen LogP contribution in [0.15, 0.2) is 18.2 Å². The number of aryl methyl sites for hydroxylation is 1. The minimum atomic E-state index is -0.107. The maximum absolute atomic E-state index is 11.5. The number of benzene rings is 1. The van der Waals surface area contributed by atoms with Gasteiger partial charge in [0.05, 0.1) is 0 Å². The molecule has 0 aliphatic carbocycles. The Labute approximate surface area is 107 Å². The molecule has 0 fully saturated rings. The van der Waals surface area contributed by atoms with Crippen molar-refractivity contribution in [2.45, 2.75) is 20.3 Å². The van der Waals surface area contributed by atoms with Crippen molar-refractivity contribution in [1.82, 2.24) is 5.32 Å². The molecule has 5 nitrogen and oxygen atoms in total. The van der Waals surface area contributed by atoms with Crippen LogP contribution >= 0.6 is 0 Å². The van der Waals surface area contributed by atoms with Crippen LogP contribution in [0.5, 0.6) is 0 Å². The van der Waals surface area contributed by atoms with Crippen LogP contribution in [0.25, 0.3) is 0 Å². The Morgan fingerprint density at radius 2 is 1.94 bits per heavy atom. The molecule has 0 spiro atoms. The minimum Gasteiger partial charge on any atom is -0.326 e. The molecule has 0 aliphatic rings. The standard InChI is InChI=1S/C13H19N3O2/c1-9-8-11(16-13(18)6-7-14-3)4-5-12(9)15-10(2)17/h4-5,8,14H,6-7H2,1-3H3,(H,15,17)(H,16,18). The first kappa shape index (κ1) is 14.2. The van der Waals surface area contributed by atoms with Crippen molar-refractivity contribution in [3.05, 3.63) is 23.8 Å². The molecule has 1 rings (SSSR count). The molecule has 0 aliphatic heterocycles. The zero-order chi connectivity index (χ0) is 13.5. The SMILES string of the molecule is CNCCC(=O)Nc1ccc(NC(C)=O)c(C)c1. The molecule has 0 saturated heterocycles. The van der Waals surface area contributed by atoms with Crippen molar-refractivity contribution in [3.8, 4) is 0 Å². The van der Waals surface area contributed by atoms with Gasteiger partial charge in [0.1, 0.15) is 0 Å². The zero-order valence-electron chi connectivity index (χ0n) is 11.0. The average Bonchev–Trinajstić information content (AvgIpc) is 2.29. The van der Waals surface area contributed by atoms with Crippen LogP contribution in [0.2, 0.25) is 0 Å². The van der Waals surface area contributed by atoms with E-state index in [0.717, 1.165) is 16.9 Å². The second-order valence-electron chi connectivity index (χ2n) is 4.11. The van der Waals surface area contributed by atoms with E-state index < -0.39 is 0 Å². The third-order valence-corrected chi connectivity index (χ3v) is 2.42. The van der Waals surface area contributed by atoms with Gasteiger partial charge in [-0.25, -0.2) is 0 Å². The molecule has 0 bridgehead atoms. The summed E-state index contributed by atoms with van der Waals surface area (Å²) in [7, 11) is 1.81. The van der Waals surface area contributed by atoms with Gasteiger partial charge in [-0.3, -0.25) is 9.59 Å². The second-order valence-corrected chi connectivity index (χ2v) is 4.11. The highest BCUT2D eigenvalue weighted by Crippen LogP contribution is 2.19. The van der Waals surface area contributed by atoms with Gasteiger partial charge in [0.25, 0.3) is 0 Å². The molecule has 2 amide bonds. The van der Waals surface area contributed by atoms with Gasteiger partial charge >= 0.3 is 0 Å². The van der Waals surface area contributed by atoms with Crippen molar-refractivity contribution >= 4 is 23.2 Å². The summed E-state index contributed by atoms with van der Waals surface area (Å²) in [5.74, 6) is -0.139. The number of anilines is 2. The molecule has 0 saturated carbocycles. The second kappa shape index (κ2) is 6.76. The Kier molecular flexibility index (Phi) is 5.32. The van der Waals surface area contributed by atoms with E-state index in [2.05, 4.69) is 16.0 Å². The highest BCUT2D eigenvalue weighted by molar-refractivity contribution is 5.93. The van der Waals surface area contributed by atoms with Crippen LogP contribution in [0.4, 0.5) is 11.4 Å². The number of amides is 2. The van der Waals surface area contributed by atoms with E-state index in [1.54, 1.807) is 19.2 Å². The Bertz CT molecular complexity index is 444. The first-order chi connectivity index (χ1) is 8.52. The lowest BCUT2D eigenvalue weighted by Gasteiger charge is -2.10. The third kappa shape index (κ3) is 4.55. The molecule has 3 N–H and O–H groups in total. The number of carbonyl (C=O) groups excluding carboxylic acids is 2. The van der Waals surface area contributed by atoms with Gasteiger partial charge in [-0.15, -0.1) is 0 Å². The fourth-order valence-corrected chi connectivity index (χ4v) is 1.53. The van der Waals surface area contributed by atoms with Gasteiger partial charge in [-0.2, -0.15) is 0 Å². The van der Waals surface area contributed by atoms with Crippen LogP contribution < -0.4 is 16.0 Å². The molecule has 0 heterocycles. The highest BCUT2D eigenvalue weighted by Gasteiger charge is 2.04. The Morgan fingerprint density at radius 1 is 1.22 bits per heavy atom. The number of nitrogens with one attached hydrogen (secondary N) is 3. The molecule has 0 atom stereocenters. The monoisotopic (exact) mass is 249 g/mol. The molecular weight excluding hydrogens is 230 g/mol. The Hall–Kier alpha value is -1.88. The summed E-state index contributed by atoms with van der Waals surface area (Å²) in [5.41, 5.74) is 2.41. The first-order valence-corrected chi connectivity index (χ1v) is 5.85. The van der Waals surface area contributed by atoms with Gasteiger partial charge in [-0.05, 0) is 37.7 Å². The van der Waals surface area contributed by atoms with Gasteiger partial charge in [-0.1, -0.05) is 0 Å². The lowest BCUT2D eigenvalue weighted by molar-refractivity contribution is -0.116.